The Kier molecular flexibility index (Phi) is 5.78. The number of hydrogen-bond acceptors (Lipinski definition) is 5. The number of halogens is 1. The van der Waals surface area contributed by atoms with Gasteiger partial charge in [0.2, 0.25) is 5.88 Å². The molecular weight excluding hydrogens is 361 g/mol. The molecule has 6 heteroatoms. The molecule has 1 aromatic heterocycles. The van der Waals surface area contributed by atoms with Gasteiger partial charge in [0, 0.05) is 10.9 Å². The Balaban J connectivity index is 2.26. The molecule has 28 heavy (non-hydrogen) atoms. The molecule has 3 aromatic rings. The Morgan fingerprint density at radius 1 is 1.11 bits per heavy atom. The quantitative estimate of drug-likeness (QED) is 0.585. The lowest BCUT2D eigenvalue weighted by Crippen LogP contribution is -2.25. The SMILES string of the molecule is CCc1nc(OC(C)C(=O)OC)c2cc(OC)ccc2c1-c1ccc(F)cc1. The molecule has 0 saturated carbocycles. The van der Waals surface area contributed by atoms with Crippen LogP contribution in [-0.4, -0.2) is 31.3 Å². The lowest BCUT2D eigenvalue weighted by molar-refractivity contribution is -0.148. The summed E-state index contributed by atoms with van der Waals surface area (Å²) in [5.41, 5.74) is 2.54. The molecular formula is C22H22FNO4. The van der Waals surface area contributed by atoms with Gasteiger partial charge in [0.1, 0.15) is 11.6 Å². The van der Waals surface area contributed by atoms with Gasteiger partial charge in [0.15, 0.2) is 6.10 Å². The molecule has 0 spiro atoms. The molecule has 5 nitrogen and oxygen atoms in total. The minimum Gasteiger partial charge on any atom is -0.497 e. The van der Waals surface area contributed by atoms with E-state index in [0.29, 0.717) is 23.4 Å². The van der Waals surface area contributed by atoms with Crippen LogP contribution in [0, 0.1) is 5.82 Å². The van der Waals surface area contributed by atoms with Crippen molar-refractivity contribution in [1.29, 1.82) is 0 Å². The fraction of sp³-hybridized carbons (Fsp3) is 0.273. The molecule has 0 aliphatic heterocycles. The van der Waals surface area contributed by atoms with Gasteiger partial charge in [-0.05, 0) is 54.6 Å². The predicted molar refractivity (Wildman–Crippen MR) is 105 cm³/mol. The van der Waals surface area contributed by atoms with Crippen LogP contribution >= 0.6 is 0 Å². The first kappa shape index (κ1) is 19.6. The van der Waals surface area contributed by atoms with E-state index in [4.69, 9.17) is 14.2 Å². The van der Waals surface area contributed by atoms with E-state index in [1.54, 1.807) is 26.2 Å². The second-order valence-corrected chi connectivity index (χ2v) is 6.29. The number of carbonyl (C=O) groups excluding carboxylic acids is 1. The van der Waals surface area contributed by atoms with Crippen LogP contribution in [0.4, 0.5) is 4.39 Å². The molecule has 2 aromatic carbocycles. The van der Waals surface area contributed by atoms with Crippen LogP contribution < -0.4 is 9.47 Å². The number of pyridine rings is 1. The van der Waals surface area contributed by atoms with Crippen LogP contribution in [0.15, 0.2) is 42.5 Å². The van der Waals surface area contributed by atoms with E-state index in [-0.39, 0.29) is 5.82 Å². The Bertz CT molecular complexity index is 1000. The van der Waals surface area contributed by atoms with Crippen molar-refractivity contribution in [2.45, 2.75) is 26.4 Å². The lowest BCUT2D eigenvalue weighted by atomic mass is 9.96. The zero-order chi connectivity index (χ0) is 20.3. The number of aromatic nitrogens is 1. The van der Waals surface area contributed by atoms with Gasteiger partial charge in [-0.15, -0.1) is 0 Å². The van der Waals surface area contributed by atoms with Gasteiger partial charge in [-0.3, -0.25) is 0 Å². The largest absolute Gasteiger partial charge is 0.497 e. The van der Waals surface area contributed by atoms with E-state index < -0.39 is 12.1 Å². The third kappa shape index (κ3) is 3.76. The number of nitrogens with zero attached hydrogens (tertiary/aromatic N) is 1. The van der Waals surface area contributed by atoms with Crippen molar-refractivity contribution >= 4 is 16.7 Å². The summed E-state index contributed by atoms with van der Waals surface area (Å²) in [7, 11) is 2.89. The number of aryl methyl sites for hydroxylation is 1. The van der Waals surface area contributed by atoms with Crippen molar-refractivity contribution in [2.24, 2.45) is 0 Å². The van der Waals surface area contributed by atoms with E-state index in [9.17, 15) is 9.18 Å². The normalized spacial score (nSPS) is 11.9. The average molecular weight is 383 g/mol. The Hall–Kier alpha value is -3.15. The maximum atomic E-state index is 13.4. The van der Waals surface area contributed by atoms with Gasteiger partial charge in [-0.2, -0.15) is 0 Å². The minimum absolute atomic E-state index is 0.299. The zero-order valence-electron chi connectivity index (χ0n) is 16.3. The molecule has 0 aliphatic rings. The minimum atomic E-state index is -0.812. The molecule has 146 valence electrons. The van der Waals surface area contributed by atoms with Crippen molar-refractivity contribution in [3.05, 3.63) is 54.0 Å². The summed E-state index contributed by atoms with van der Waals surface area (Å²) in [4.78, 5) is 16.5. The number of esters is 1. The van der Waals surface area contributed by atoms with E-state index in [2.05, 4.69) is 4.98 Å². The van der Waals surface area contributed by atoms with Gasteiger partial charge < -0.3 is 14.2 Å². The molecule has 0 aliphatic carbocycles. The summed E-state index contributed by atoms with van der Waals surface area (Å²) >= 11 is 0. The number of rotatable bonds is 6. The van der Waals surface area contributed by atoms with Crippen LogP contribution in [0.2, 0.25) is 0 Å². The molecule has 1 unspecified atom stereocenters. The standard InChI is InChI=1S/C22H22FNO4/c1-5-19-20(14-6-8-15(23)9-7-14)17-11-10-16(26-3)12-18(17)21(24-19)28-13(2)22(25)27-4/h6-13H,5H2,1-4H3. The smallest absolute Gasteiger partial charge is 0.346 e. The van der Waals surface area contributed by atoms with Crippen molar-refractivity contribution in [3.63, 3.8) is 0 Å². The Morgan fingerprint density at radius 2 is 1.82 bits per heavy atom. The molecule has 0 radical (unpaired) electrons. The number of benzene rings is 2. The van der Waals surface area contributed by atoms with E-state index in [1.165, 1.54) is 19.2 Å². The summed E-state index contributed by atoms with van der Waals surface area (Å²) in [6, 6.07) is 11.9. The van der Waals surface area contributed by atoms with E-state index in [0.717, 1.165) is 22.2 Å². The monoisotopic (exact) mass is 383 g/mol. The van der Waals surface area contributed by atoms with Gasteiger partial charge in [-0.25, -0.2) is 14.2 Å². The molecule has 1 heterocycles. The number of carbonyl (C=O) groups is 1. The Morgan fingerprint density at radius 3 is 2.43 bits per heavy atom. The molecule has 1 atom stereocenters. The topological polar surface area (TPSA) is 57.7 Å². The third-order valence-electron chi connectivity index (χ3n) is 4.54. The van der Waals surface area contributed by atoms with Crippen LogP contribution in [0.5, 0.6) is 11.6 Å². The summed E-state index contributed by atoms with van der Waals surface area (Å²) < 4.78 is 29.3. The molecule has 0 bridgehead atoms. The van der Waals surface area contributed by atoms with Gasteiger partial charge in [-0.1, -0.05) is 19.1 Å². The maximum Gasteiger partial charge on any atom is 0.346 e. The molecule has 0 N–H and O–H groups in total. The second-order valence-electron chi connectivity index (χ2n) is 6.29. The average Bonchev–Trinajstić information content (AvgIpc) is 2.73. The first-order valence-corrected chi connectivity index (χ1v) is 8.99. The van der Waals surface area contributed by atoms with E-state index in [1.807, 2.05) is 25.1 Å². The predicted octanol–water partition coefficient (Wildman–Crippen LogP) is 4.55. The summed E-state index contributed by atoms with van der Waals surface area (Å²) in [5.74, 6) is 0.180. The van der Waals surface area contributed by atoms with Crippen molar-refractivity contribution in [3.8, 4) is 22.8 Å². The molecule has 3 rings (SSSR count). The van der Waals surface area contributed by atoms with Crippen LogP contribution in [0.25, 0.3) is 21.9 Å². The summed E-state index contributed by atoms with van der Waals surface area (Å²) in [6.07, 6.45) is -0.175. The third-order valence-corrected chi connectivity index (χ3v) is 4.54. The summed E-state index contributed by atoms with van der Waals surface area (Å²) in [5, 5.41) is 1.58. The molecule has 0 fully saturated rings. The van der Waals surface area contributed by atoms with Crippen molar-refractivity contribution < 1.29 is 23.4 Å². The first-order valence-electron chi connectivity index (χ1n) is 8.99. The highest BCUT2D eigenvalue weighted by atomic mass is 19.1. The highest BCUT2D eigenvalue weighted by molar-refractivity contribution is 6.01. The lowest BCUT2D eigenvalue weighted by Gasteiger charge is -2.18. The summed E-state index contributed by atoms with van der Waals surface area (Å²) in [6.45, 7) is 3.59. The first-order chi connectivity index (χ1) is 13.5. The van der Waals surface area contributed by atoms with Gasteiger partial charge in [0.25, 0.3) is 0 Å². The van der Waals surface area contributed by atoms with Crippen molar-refractivity contribution in [2.75, 3.05) is 14.2 Å². The number of hydrogen-bond donors (Lipinski definition) is 0. The number of ether oxygens (including phenoxy) is 3. The second kappa shape index (κ2) is 8.25. The fourth-order valence-electron chi connectivity index (χ4n) is 3.11. The highest BCUT2D eigenvalue weighted by Gasteiger charge is 2.21. The molecule has 0 saturated heterocycles. The highest BCUT2D eigenvalue weighted by Crippen LogP contribution is 2.38. The van der Waals surface area contributed by atoms with Crippen LogP contribution in [0.1, 0.15) is 19.5 Å². The van der Waals surface area contributed by atoms with Crippen molar-refractivity contribution in [1.82, 2.24) is 4.98 Å². The van der Waals surface area contributed by atoms with Crippen LogP contribution in [-0.2, 0) is 16.0 Å². The zero-order valence-corrected chi connectivity index (χ0v) is 16.3. The fourth-order valence-corrected chi connectivity index (χ4v) is 3.11. The van der Waals surface area contributed by atoms with E-state index >= 15 is 0 Å². The Labute approximate surface area is 163 Å². The number of fused-ring (bicyclic) bond motifs is 1. The van der Waals surface area contributed by atoms with Gasteiger partial charge in [0.05, 0.1) is 19.9 Å². The molecule has 0 amide bonds. The number of methoxy groups -OCH3 is 2. The maximum absolute atomic E-state index is 13.4. The van der Waals surface area contributed by atoms with Gasteiger partial charge >= 0.3 is 5.97 Å². The van der Waals surface area contributed by atoms with Crippen LogP contribution in [0.3, 0.4) is 0 Å².